The minimum Gasteiger partial charge on any atom is -0.352 e. The fourth-order valence-corrected chi connectivity index (χ4v) is 4.68. The van der Waals surface area contributed by atoms with E-state index in [2.05, 4.69) is 10.6 Å². The van der Waals surface area contributed by atoms with Crippen molar-refractivity contribution in [2.45, 2.75) is 65.0 Å². The molecule has 27 heavy (non-hydrogen) atoms. The summed E-state index contributed by atoms with van der Waals surface area (Å²) in [6.45, 7) is 4.54. The fraction of sp³-hybridized carbons (Fsp3) is 0.636. The Bertz CT molecular complexity index is 659. The van der Waals surface area contributed by atoms with Gasteiger partial charge in [-0.1, -0.05) is 32.4 Å². The van der Waals surface area contributed by atoms with Crippen molar-refractivity contribution in [3.63, 3.8) is 0 Å². The SMILES string of the molecule is CC(C)CC(=O)Nc1cccc(CNC(=O)C2CC3CCCC(C2)C3N)c1. The first kappa shape index (κ1) is 19.9. The molecule has 5 heteroatoms. The summed E-state index contributed by atoms with van der Waals surface area (Å²) in [5.74, 6) is 1.61. The van der Waals surface area contributed by atoms with E-state index in [1.54, 1.807) is 0 Å². The number of carbonyl (C=O) groups excluding carboxylic acids is 2. The number of nitrogens with one attached hydrogen (secondary N) is 2. The van der Waals surface area contributed by atoms with E-state index in [1.165, 1.54) is 19.3 Å². The molecular formula is C22H33N3O2. The molecule has 1 aromatic rings. The maximum absolute atomic E-state index is 12.7. The molecule has 2 amide bonds. The van der Waals surface area contributed by atoms with Crippen LogP contribution < -0.4 is 16.4 Å². The zero-order valence-corrected chi connectivity index (χ0v) is 16.5. The molecule has 3 rings (SSSR count). The summed E-state index contributed by atoms with van der Waals surface area (Å²) in [5, 5.41) is 6.02. The Labute approximate surface area is 162 Å². The van der Waals surface area contributed by atoms with Gasteiger partial charge >= 0.3 is 0 Å². The lowest BCUT2D eigenvalue weighted by Crippen LogP contribution is -2.49. The normalized spacial score (nSPS) is 27.3. The Kier molecular flexibility index (Phi) is 6.53. The molecule has 2 unspecified atom stereocenters. The van der Waals surface area contributed by atoms with Gasteiger partial charge in [0.1, 0.15) is 0 Å². The van der Waals surface area contributed by atoms with Crippen molar-refractivity contribution >= 4 is 17.5 Å². The third-order valence-corrected chi connectivity index (χ3v) is 6.05. The first-order valence-electron chi connectivity index (χ1n) is 10.3. The van der Waals surface area contributed by atoms with Gasteiger partial charge in [-0.2, -0.15) is 0 Å². The van der Waals surface area contributed by atoms with Crippen LogP contribution in [0.4, 0.5) is 5.69 Å². The highest BCUT2D eigenvalue weighted by Gasteiger charge is 2.40. The second-order valence-corrected chi connectivity index (χ2v) is 8.76. The number of fused-ring (bicyclic) bond motifs is 2. The topological polar surface area (TPSA) is 84.2 Å². The van der Waals surface area contributed by atoms with Gasteiger partial charge < -0.3 is 16.4 Å². The average Bonchev–Trinajstić information content (AvgIpc) is 2.59. The lowest BCUT2D eigenvalue weighted by molar-refractivity contribution is -0.128. The van der Waals surface area contributed by atoms with Crippen molar-refractivity contribution in [2.24, 2.45) is 29.4 Å². The Balaban J connectivity index is 1.52. The van der Waals surface area contributed by atoms with Crippen molar-refractivity contribution in [3.8, 4) is 0 Å². The fourth-order valence-electron chi connectivity index (χ4n) is 4.68. The lowest BCUT2D eigenvalue weighted by atomic mass is 9.65. The van der Waals surface area contributed by atoms with Crippen LogP contribution in [0.25, 0.3) is 0 Å². The van der Waals surface area contributed by atoms with Gasteiger partial charge in [0.05, 0.1) is 0 Å². The van der Waals surface area contributed by atoms with Gasteiger partial charge in [-0.25, -0.2) is 0 Å². The Morgan fingerprint density at radius 1 is 1.19 bits per heavy atom. The molecule has 0 aromatic heterocycles. The van der Waals surface area contributed by atoms with Gasteiger partial charge in [0.15, 0.2) is 0 Å². The molecule has 148 valence electrons. The monoisotopic (exact) mass is 371 g/mol. The molecule has 4 N–H and O–H groups in total. The first-order valence-corrected chi connectivity index (χ1v) is 10.3. The van der Waals surface area contributed by atoms with E-state index in [0.717, 1.165) is 24.1 Å². The summed E-state index contributed by atoms with van der Waals surface area (Å²) in [6.07, 6.45) is 5.95. The lowest BCUT2D eigenvalue weighted by Gasteiger charge is -2.43. The number of hydrogen-bond donors (Lipinski definition) is 3. The van der Waals surface area contributed by atoms with E-state index < -0.39 is 0 Å². The highest BCUT2D eigenvalue weighted by atomic mass is 16.2. The number of rotatable bonds is 6. The maximum Gasteiger partial charge on any atom is 0.224 e. The van der Waals surface area contributed by atoms with Gasteiger partial charge in [0.25, 0.3) is 0 Å². The molecule has 0 radical (unpaired) electrons. The van der Waals surface area contributed by atoms with E-state index in [-0.39, 0.29) is 23.8 Å². The predicted molar refractivity (Wildman–Crippen MR) is 108 cm³/mol. The van der Waals surface area contributed by atoms with Crippen LogP contribution in [0.3, 0.4) is 0 Å². The van der Waals surface area contributed by atoms with Crippen molar-refractivity contribution in [1.82, 2.24) is 5.32 Å². The van der Waals surface area contributed by atoms with Gasteiger partial charge in [-0.15, -0.1) is 0 Å². The summed E-state index contributed by atoms with van der Waals surface area (Å²) in [5.41, 5.74) is 8.11. The molecule has 0 heterocycles. The van der Waals surface area contributed by atoms with E-state index in [4.69, 9.17) is 5.73 Å². The zero-order valence-electron chi connectivity index (χ0n) is 16.5. The molecular weight excluding hydrogens is 338 g/mol. The van der Waals surface area contributed by atoms with Crippen molar-refractivity contribution < 1.29 is 9.59 Å². The Morgan fingerprint density at radius 2 is 1.89 bits per heavy atom. The molecule has 0 saturated heterocycles. The number of anilines is 1. The molecule has 2 aliphatic carbocycles. The Morgan fingerprint density at radius 3 is 2.56 bits per heavy atom. The number of hydrogen-bond acceptors (Lipinski definition) is 3. The summed E-state index contributed by atoms with van der Waals surface area (Å²) in [6, 6.07) is 7.99. The molecule has 2 saturated carbocycles. The van der Waals surface area contributed by atoms with Crippen LogP contribution >= 0.6 is 0 Å². The average molecular weight is 372 g/mol. The van der Waals surface area contributed by atoms with Gasteiger partial charge in [-0.3, -0.25) is 9.59 Å². The quantitative estimate of drug-likeness (QED) is 0.716. The minimum absolute atomic E-state index is 0.0243. The van der Waals surface area contributed by atoms with Crippen molar-refractivity contribution in [2.75, 3.05) is 5.32 Å². The highest BCUT2D eigenvalue weighted by molar-refractivity contribution is 5.90. The van der Waals surface area contributed by atoms with E-state index in [0.29, 0.717) is 30.7 Å². The second kappa shape index (κ2) is 8.87. The van der Waals surface area contributed by atoms with Crippen LogP contribution in [0, 0.1) is 23.7 Å². The molecule has 2 fully saturated rings. The zero-order chi connectivity index (χ0) is 19.4. The maximum atomic E-state index is 12.7. The second-order valence-electron chi connectivity index (χ2n) is 8.76. The Hall–Kier alpha value is -1.88. The summed E-state index contributed by atoms with van der Waals surface area (Å²) in [7, 11) is 0. The van der Waals surface area contributed by atoms with Gasteiger partial charge in [-0.05, 0) is 61.1 Å². The van der Waals surface area contributed by atoms with Crippen LogP contribution in [-0.2, 0) is 16.1 Å². The van der Waals surface area contributed by atoms with Crippen LogP contribution in [0.2, 0.25) is 0 Å². The van der Waals surface area contributed by atoms with Crippen LogP contribution in [0.15, 0.2) is 24.3 Å². The molecule has 5 nitrogen and oxygen atoms in total. The molecule has 2 aliphatic rings. The number of nitrogens with two attached hydrogens (primary N) is 1. The van der Waals surface area contributed by atoms with Crippen LogP contribution in [0.5, 0.6) is 0 Å². The number of amides is 2. The van der Waals surface area contributed by atoms with E-state index in [1.807, 2.05) is 38.1 Å². The highest BCUT2D eigenvalue weighted by Crippen LogP contribution is 2.41. The van der Waals surface area contributed by atoms with Gasteiger partial charge in [0.2, 0.25) is 11.8 Å². The minimum atomic E-state index is 0.0243. The molecule has 1 aromatic carbocycles. The predicted octanol–water partition coefficient (Wildman–Crippen LogP) is 3.44. The molecule has 2 bridgehead atoms. The molecule has 2 atom stereocenters. The summed E-state index contributed by atoms with van der Waals surface area (Å²) < 4.78 is 0. The summed E-state index contributed by atoms with van der Waals surface area (Å²) >= 11 is 0. The van der Waals surface area contributed by atoms with E-state index >= 15 is 0 Å². The largest absolute Gasteiger partial charge is 0.352 e. The summed E-state index contributed by atoms with van der Waals surface area (Å²) in [4.78, 5) is 24.6. The molecule has 0 spiro atoms. The molecule has 0 aliphatic heterocycles. The van der Waals surface area contributed by atoms with E-state index in [9.17, 15) is 9.59 Å². The first-order chi connectivity index (χ1) is 12.9. The number of benzene rings is 1. The standard InChI is InChI=1S/C22H33N3O2/c1-14(2)9-20(26)25-19-8-3-5-15(10-19)13-24-22(27)18-11-16-6-4-7-17(12-18)21(16)23/h3,5,8,10,14,16-18,21H,4,6-7,9,11-13,23H2,1-2H3,(H,24,27)(H,25,26). The van der Waals surface area contributed by atoms with Crippen LogP contribution in [0.1, 0.15) is 57.9 Å². The smallest absolute Gasteiger partial charge is 0.224 e. The van der Waals surface area contributed by atoms with Crippen LogP contribution in [-0.4, -0.2) is 17.9 Å². The van der Waals surface area contributed by atoms with Crippen molar-refractivity contribution in [1.29, 1.82) is 0 Å². The third-order valence-electron chi connectivity index (χ3n) is 6.05. The van der Waals surface area contributed by atoms with Crippen molar-refractivity contribution in [3.05, 3.63) is 29.8 Å². The third kappa shape index (κ3) is 5.32. The van der Waals surface area contributed by atoms with Gasteiger partial charge in [0, 0.05) is 30.6 Å². The number of carbonyl (C=O) groups is 2.